The predicted octanol–water partition coefficient (Wildman–Crippen LogP) is 5.91. The number of hydrogen-bond donors (Lipinski definition) is 0. The summed E-state index contributed by atoms with van der Waals surface area (Å²) >= 11 is 0. The van der Waals surface area contributed by atoms with Crippen LogP contribution in [0.3, 0.4) is 0 Å². The largest absolute Gasteiger partial charge is 0.463 e. The van der Waals surface area contributed by atoms with E-state index in [9.17, 15) is 4.79 Å². The van der Waals surface area contributed by atoms with Crippen LogP contribution in [0.25, 0.3) is 0 Å². The van der Waals surface area contributed by atoms with Crippen LogP contribution in [-0.4, -0.2) is 12.6 Å². The molecule has 2 fully saturated rings. The minimum atomic E-state index is -0.135. The van der Waals surface area contributed by atoms with Crippen molar-refractivity contribution >= 4 is 5.97 Å². The minimum Gasteiger partial charge on any atom is -0.463 e. The molecule has 0 aromatic rings. The minimum absolute atomic E-state index is 0.135. The molecule has 2 nitrogen and oxygen atoms in total. The number of carbonyl (C=O) groups is 1. The molecule has 0 N–H and O–H groups in total. The molecule has 2 aliphatic rings. The lowest BCUT2D eigenvalue weighted by molar-refractivity contribution is -0.138. The van der Waals surface area contributed by atoms with Crippen LogP contribution in [-0.2, 0) is 9.53 Å². The van der Waals surface area contributed by atoms with Gasteiger partial charge in [-0.05, 0) is 76.0 Å². The normalized spacial score (nSPS) is 32.6. The summed E-state index contributed by atoms with van der Waals surface area (Å²) < 4.78 is 5.08. The van der Waals surface area contributed by atoms with Crippen molar-refractivity contribution < 1.29 is 9.53 Å². The molecular formula is C21H36O2. The van der Waals surface area contributed by atoms with Crippen molar-refractivity contribution in [3.05, 3.63) is 11.6 Å². The molecule has 0 amide bonds. The Morgan fingerprint density at radius 3 is 2.04 bits per heavy atom. The molecule has 0 radical (unpaired) electrons. The highest BCUT2D eigenvalue weighted by molar-refractivity contribution is 5.87. The third kappa shape index (κ3) is 5.65. The lowest BCUT2D eigenvalue weighted by Gasteiger charge is -2.37. The van der Waals surface area contributed by atoms with Crippen molar-refractivity contribution in [1.29, 1.82) is 0 Å². The highest BCUT2D eigenvalue weighted by Crippen LogP contribution is 2.42. The maximum atomic E-state index is 11.7. The molecule has 0 atom stereocenters. The molecule has 2 heteroatoms. The van der Waals surface area contributed by atoms with Crippen molar-refractivity contribution in [2.45, 2.75) is 85.0 Å². The summed E-state index contributed by atoms with van der Waals surface area (Å²) in [6.07, 6.45) is 16.1. The summed E-state index contributed by atoms with van der Waals surface area (Å²) in [6, 6.07) is 0. The van der Waals surface area contributed by atoms with Gasteiger partial charge in [-0.2, -0.15) is 0 Å². The molecule has 0 saturated heterocycles. The molecule has 0 spiro atoms. The summed E-state index contributed by atoms with van der Waals surface area (Å²) in [5.74, 6) is 3.41. The molecule has 0 aliphatic heterocycles. The Kier molecular flexibility index (Phi) is 7.65. The van der Waals surface area contributed by atoms with E-state index in [4.69, 9.17) is 4.74 Å². The highest BCUT2D eigenvalue weighted by atomic mass is 16.5. The van der Waals surface area contributed by atoms with Crippen LogP contribution in [0.15, 0.2) is 11.6 Å². The van der Waals surface area contributed by atoms with E-state index >= 15 is 0 Å². The number of hydrogen-bond acceptors (Lipinski definition) is 2. The zero-order chi connectivity index (χ0) is 16.7. The highest BCUT2D eigenvalue weighted by Gasteiger charge is 2.30. The Bertz CT molecular complexity index is 383. The van der Waals surface area contributed by atoms with E-state index in [-0.39, 0.29) is 5.97 Å². The van der Waals surface area contributed by atoms with E-state index in [0.717, 1.165) is 23.3 Å². The van der Waals surface area contributed by atoms with Crippen LogP contribution < -0.4 is 0 Å². The number of esters is 1. The van der Waals surface area contributed by atoms with Gasteiger partial charge in [0, 0.05) is 5.57 Å². The molecule has 2 rings (SSSR count). The third-order valence-corrected chi connectivity index (χ3v) is 6.15. The smallest absolute Gasteiger partial charge is 0.333 e. The van der Waals surface area contributed by atoms with Crippen molar-refractivity contribution in [3.8, 4) is 0 Å². The molecule has 2 saturated carbocycles. The Morgan fingerprint density at radius 1 is 0.957 bits per heavy atom. The average molecular weight is 321 g/mol. The van der Waals surface area contributed by atoms with Gasteiger partial charge >= 0.3 is 5.97 Å². The van der Waals surface area contributed by atoms with Crippen LogP contribution in [0.5, 0.6) is 0 Å². The molecule has 0 bridgehead atoms. The zero-order valence-corrected chi connectivity index (χ0v) is 15.5. The van der Waals surface area contributed by atoms with Gasteiger partial charge < -0.3 is 4.74 Å². The van der Waals surface area contributed by atoms with E-state index in [0.29, 0.717) is 12.5 Å². The zero-order valence-electron chi connectivity index (χ0n) is 15.5. The van der Waals surface area contributed by atoms with Crippen LogP contribution in [0.1, 0.15) is 85.0 Å². The van der Waals surface area contributed by atoms with Crippen molar-refractivity contribution in [3.63, 3.8) is 0 Å². The molecule has 23 heavy (non-hydrogen) atoms. The standard InChI is InChI=1S/C21H36O2/c1-4-6-17-7-11-19(12-8-17)20-13-9-18(10-14-20)15-16(3)21(22)23-5-2/h15,17-20H,4-14H2,1-3H3. The third-order valence-electron chi connectivity index (χ3n) is 6.15. The van der Waals surface area contributed by atoms with Gasteiger partial charge in [-0.3, -0.25) is 0 Å². The molecule has 0 aromatic carbocycles. The first-order chi connectivity index (χ1) is 11.1. The number of rotatable bonds is 6. The molecule has 0 unspecified atom stereocenters. The van der Waals surface area contributed by atoms with Crippen LogP contribution >= 0.6 is 0 Å². The number of allylic oxidation sites excluding steroid dienone is 1. The molecule has 0 aromatic heterocycles. The van der Waals surface area contributed by atoms with Gasteiger partial charge in [0.2, 0.25) is 0 Å². The first-order valence-electron chi connectivity index (χ1n) is 9.99. The van der Waals surface area contributed by atoms with Crippen LogP contribution in [0.2, 0.25) is 0 Å². The Hall–Kier alpha value is -0.790. The van der Waals surface area contributed by atoms with Crippen LogP contribution in [0, 0.1) is 23.7 Å². The van der Waals surface area contributed by atoms with Crippen LogP contribution in [0.4, 0.5) is 0 Å². The van der Waals surface area contributed by atoms with Gasteiger partial charge in [-0.1, -0.05) is 38.7 Å². The average Bonchev–Trinajstić information content (AvgIpc) is 2.57. The van der Waals surface area contributed by atoms with E-state index in [1.54, 1.807) is 0 Å². The molecular weight excluding hydrogens is 284 g/mol. The van der Waals surface area contributed by atoms with Gasteiger partial charge in [-0.25, -0.2) is 4.79 Å². The van der Waals surface area contributed by atoms with Gasteiger partial charge in [-0.15, -0.1) is 0 Å². The Balaban J connectivity index is 1.74. The molecule has 0 heterocycles. The first-order valence-corrected chi connectivity index (χ1v) is 9.99. The Morgan fingerprint density at radius 2 is 1.52 bits per heavy atom. The topological polar surface area (TPSA) is 26.3 Å². The SMILES string of the molecule is CCCC1CCC(C2CCC(C=C(C)C(=O)OCC)CC2)CC1. The van der Waals surface area contributed by atoms with Crippen molar-refractivity contribution in [1.82, 2.24) is 0 Å². The lowest BCUT2D eigenvalue weighted by Crippen LogP contribution is -2.25. The second-order valence-corrected chi connectivity index (χ2v) is 7.81. The summed E-state index contributed by atoms with van der Waals surface area (Å²) in [6.45, 7) is 6.56. The number of ether oxygens (including phenoxy) is 1. The van der Waals surface area contributed by atoms with Crippen molar-refractivity contribution in [2.75, 3.05) is 6.61 Å². The van der Waals surface area contributed by atoms with E-state index in [1.807, 2.05) is 13.8 Å². The van der Waals surface area contributed by atoms with Gasteiger partial charge in [0.05, 0.1) is 6.61 Å². The predicted molar refractivity (Wildman–Crippen MR) is 96.2 cm³/mol. The fraction of sp³-hybridized carbons (Fsp3) is 0.857. The maximum Gasteiger partial charge on any atom is 0.333 e. The van der Waals surface area contributed by atoms with E-state index in [1.165, 1.54) is 64.2 Å². The summed E-state index contributed by atoms with van der Waals surface area (Å²) in [7, 11) is 0. The van der Waals surface area contributed by atoms with Gasteiger partial charge in [0.25, 0.3) is 0 Å². The summed E-state index contributed by atoms with van der Waals surface area (Å²) in [4.78, 5) is 11.7. The summed E-state index contributed by atoms with van der Waals surface area (Å²) in [5.41, 5.74) is 0.801. The first kappa shape index (κ1) is 18.5. The van der Waals surface area contributed by atoms with Crippen molar-refractivity contribution in [2.24, 2.45) is 23.7 Å². The van der Waals surface area contributed by atoms with E-state index < -0.39 is 0 Å². The van der Waals surface area contributed by atoms with Gasteiger partial charge in [0.1, 0.15) is 0 Å². The van der Waals surface area contributed by atoms with Gasteiger partial charge in [0.15, 0.2) is 0 Å². The fourth-order valence-electron chi connectivity index (χ4n) is 4.81. The fourth-order valence-corrected chi connectivity index (χ4v) is 4.81. The maximum absolute atomic E-state index is 11.7. The molecule has 132 valence electrons. The Labute approximate surface area is 143 Å². The second-order valence-electron chi connectivity index (χ2n) is 7.81. The van der Waals surface area contributed by atoms with E-state index in [2.05, 4.69) is 13.0 Å². The molecule has 2 aliphatic carbocycles. The lowest BCUT2D eigenvalue weighted by atomic mass is 9.68. The quantitative estimate of drug-likeness (QED) is 0.449. The second kappa shape index (κ2) is 9.49. The summed E-state index contributed by atoms with van der Waals surface area (Å²) in [5, 5.41) is 0. The number of carbonyl (C=O) groups excluding carboxylic acids is 1. The monoisotopic (exact) mass is 320 g/mol.